The molecule has 4 nitrogen and oxygen atoms in total. The van der Waals surface area contributed by atoms with Crippen molar-refractivity contribution in [1.29, 1.82) is 0 Å². The Kier molecular flexibility index (Phi) is 12.6. The van der Waals surface area contributed by atoms with Crippen LogP contribution < -0.4 is 0 Å². The van der Waals surface area contributed by atoms with Gasteiger partial charge < -0.3 is 0 Å². The maximum Gasteiger partial charge on any atom is 0.277 e. The van der Waals surface area contributed by atoms with Crippen LogP contribution in [0.4, 0.5) is 0 Å². The summed E-state index contributed by atoms with van der Waals surface area (Å²) in [6.07, 6.45) is 4.59. The lowest BCUT2D eigenvalue weighted by atomic mass is 9.71. The van der Waals surface area contributed by atoms with E-state index in [4.69, 9.17) is 9.47 Å². The van der Waals surface area contributed by atoms with Crippen molar-refractivity contribution in [2.75, 3.05) is 14.1 Å². The third-order valence-electron chi connectivity index (χ3n) is 13.6. The minimum atomic E-state index is -0.792. The lowest BCUT2D eigenvalue weighted by Gasteiger charge is -2.46. The highest BCUT2D eigenvalue weighted by Crippen LogP contribution is 2.53. The third kappa shape index (κ3) is 9.54. The Hall–Kier alpha value is -4.84. The molecule has 6 aromatic rings. The fourth-order valence-corrected chi connectivity index (χ4v) is 10.3. The van der Waals surface area contributed by atoms with Gasteiger partial charge in [0.15, 0.2) is 5.79 Å². The van der Waals surface area contributed by atoms with E-state index in [2.05, 4.69) is 200 Å². The summed E-state index contributed by atoms with van der Waals surface area (Å²) >= 11 is 0. The molecule has 0 N–H and O–H groups in total. The van der Waals surface area contributed by atoms with Crippen LogP contribution in [0.3, 0.4) is 0 Å². The quantitative estimate of drug-likeness (QED) is 0.102. The van der Waals surface area contributed by atoms with Crippen LogP contribution >= 0.6 is 0 Å². The van der Waals surface area contributed by atoms with E-state index in [-0.39, 0.29) is 24.3 Å². The third-order valence-corrected chi connectivity index (χ3v) is 13.6. The second kappa shape index (κ2) is 18.0. The Labute approximate surface area is 360 Å². The van der Waals surface area contributed by atoms with E-state index >= 15 is 0 Å². The molecule has 0 amide bonds. The van der Waals surface area contributed by atoms with E-state index in [0.717, 1.165) is 58.3 Å². The molecule has 60 heavy (non-hydrogen) atoms. The SMILES string of the molecule is Cc1ccc(C[N+](C)(Cc2ccc(C)cc2)[C@H]2OC3(O[C@@H]2[N+](C)(Cc2ccc(C)cc2)Cc2ccc(C)cc2)C(Cc2ccccc2)CCCC3Cc2ccccc2)cc1. The number of hydrogen-bond donors (Lipinski definition) is 0. The van der Waals surface area contributed by atoms with Crippen LogP contribution in [-0.2, 0) is 48.5 Å². The van der Waals surface area contributed by atoms with Gasteiger partial charge in [0.05, 0.1) is 14.1 Å². The van der Waals surface area contributed by atoms with Crippen molar-refractivity contribution in [3.05, 3.63) is 213 Å². The zero-order chi connectivity index (χ0) is 41.7. The van der Waals surface area contributed by atoms with Gasteiger partial charge in [0, 0.05) is 34.1 Å². The Morgan fingerprint density at radius 3 is 0.967 bits per heavy atom. The van der Waals surface area contributed by atoms with Gasteiger partial charge in [0.1, 0.15) is 26.2 Å². The Balaban J connectivity index is 1.32. The lowest BCUT2D eigenvalue weighted by Crippen LogP contribution is -2.64. The highest BCUT2D eigenvalue weighted by Gasteiger charge is 2.67. The van der Waals surface area contributed by atoms with Gasteiger partial charge in [-0.1, -0.05) is 186 Å². The van der Waals surface area contributed by atoms with Crippen molar-refractivity contribution in [3.63, 3.8) is 0 Å². The molecule has 1 saturated carbocycles. The first-order chi connectivity index (χ1) is 29.0. The second-order valence-corrected chi connectivity index (χ2v) is 19.0. The van der Waals surface area contributed by atoms with E-state index in [1.165, 1.54) is 55.6 Å². The molecule has 4 heteroatoms. The first kappa shape index (κ1) is 41.9. The Bertz CT molecular complexity index is 2010. The molecule has 1 spiro atoms. The van der Waals surface area contributed by atoms with Gasteiger partial charge in [0.25, 0.3) is 12.5 Å². The predicted octanol–water partition coefficient (Wildman–Crippen LogP) is 12.2. The average Bonchev–Trinajstić information content (AvgIpc) is 3.67. The van der Waals surface area contributed by atoms with Gasteiger partial charge in [-0.15, -0.1) is 0 Å². The molecule has 4 atom stereocenters. The summed E-state index contributed by atoms with van der Waals surface area (Å²) in [4.78, 5) is 0. The monoisotopic (exact) mass is 799 g/mol. The molecule has 2 unspecified atom stereocenters. The maximum atomic E-state index is 8.22. The highest BCUT2D eigenvalue weighted by molar-refractivity contribution is 5.25. The van der Waals surface area contributed by atoms with Gasteiger partial charge in [0.2, 0.25) is 0 Å². The Morgan fingerprint density at radius 2 is 0.683 bits per heavy atom. The summed E-state index contributed by atoms with van der Waals surface area (Å²) < 4.78 is 17.8. The van der Waals surface area contributed by atoms with Gasteiger partial charge in [-0.05, 0) is 64.5 Å². The number of likely N-dealkylation sites (N-methyl/N-ethyl adjacent to an activating group) is 2. The molecule has 1 saturated heterocycles. The van der Waals surface area contributed by atoms with Crippen molar-refractivity contribution in [1.82, 2.24) is 0 Å². The van der Waals surface area contributed by atoms with Crippen molar-refractivity contribution in [3.8, 4) is 0 Å². The molecule has 0 bridgehead atoms. The van der Waals surface area contributed by atoms with Crippen LogP contribution in [0.2, 0.25) is 0 Å². The fourth-order valence-electron chi connectivity index (χ4n) is 10.3. The predicted molar refractivity (Wildman–Crippen MR) is 246 cm³/mol. The van der Waals surface area contributed by atoms with Crippen LogP contribution in [0.5, 0.6) is 0 Å². The molecule has 0 radical (unpaired) electrons. The normalized spacial score (nSPS) is 20.4. The molecule has 6 aromatic carbocycles. The molecular weight excluding hydrogens is 733 g/mol. The first-order valence-electron chi connectivity index (χ1n) is 22.3. The molecule has 310 valence electrons. The zero-order valence-electron chi connectivity index (χ0n) is 36.9. The second-order valence-electron chi connectivity index (χ2n) is 19.0. The molecule has 1 aliphatic carbocycles. The molecule has 1 aliphatic heterocycles. The van der Waals surface area contributed by atoms with Crippen LogP contribution in [0.15, 0.2) is 158 Å². The number of hydrogen-bond acceptors (Lipinski definition) is 2. The summed E-state index contributed by atoms with van der Waals surface area (Å²) in [5.74, 6) is -0.414. The van der Waals surface area contributed by atoms with E-state index in [1.807, 2.05) is 0 Å². The molecule has 2 fully saturated rings. The summed E-state index contributed by atoms with van der Waals surface area (Å²) in [6, 6.07) is 58.9. The van der Waals surface area contributed by atoms with E-state index in [0.29, 0.717) is 8.97 Å². The molecule has 0 aromatic heterocycles. The number of benzene rings is 6. The van der Waals surface area contributed by atoms with Crippen LogP contribution in [0.25, 0.3) is 0 Å². The number of rotatable bonds is 14. The zero-order valence-corrected chi connectivity index (χ0v) is 36.9. The summed E-state index contributed by atoms with van der Waals surface area (Å²) in [7, 11) is 4.90. The largest absolute Gasteiger partial charge is 0.289 e. The first-order valence-corrected chi connectivity index (χ1v) is 22.3. The number of ether oxygens (including phenoxy) is 2. The molecule has 2 aliphatic rings. The van der Waals surface area contributed by atoms with Crippen LogP contribution in [0, 0.1) is 39.5 Å². The Morgan fingerprint density at radius 1 is 0.400 bits per heavy atom. The minimum Gasteiger partial charge on any atom is -0.289 e. The van der Waals surface area contributed by atoms with Crippen molar-refractivity contribution in [2.24, 2.45) is 11.8 Å². The minimum absolute atomic E-state index is 0.189. The number of aryl methyl sites for hydroxylation is 4. The van der Waals surface area contributed by atoms with Crippen molar-refractivity contribution in [2.45, 2.75) is 104 Å². The smallest absolute Gasteiger partial charge is 0.277 e. The fraction of sp³-hybridized carbons (Fsp3) is 0.357. The number of quaternary nitrogens is 2. The van der Waals surface area contributed by atoms with E-state index in [9.17, 15) is 0 Å². The molecule has 1 heterocycles. The number of nitrogens with zero attached hydrogens (tertiary/aromatic N) is 2. The highest BCUT2D eigenvalue weighted by atomic mass is 16.8. The average molecular weight is 799 g/mol. The summed E-state index contributed by atoms with van der Waals surface area (Å²) in [5, 5.41) is 0. The summed E-state index contributed by atoms with van der Waals surface area (Å²) in [6.45, 7) is 12.0. The van der Waals surface area contributed by atoms with Crippen molar-refractivity contribution < 1.29 is 18.4 Å². The molecule has 8 rings (SSSR count). The summed E-state index contributed by atoms with van der Waals surface area (Å²) in [5.41, 5.74) is 13.1. The lowest BCUT2D eigenvalue weighted by molar-refractivity contribution is -1.04. The van der Waals surface area contributed by atoms with Gasteiger partial charge in [-0.25, -0.2) is 0 Å². The van der Waals surface area contributed by atoms with Gasteiger partial charge in [-0.3, -0.25) is 18.4 Å². The van der Waals surface area contributed by atoms with E-state index in [1.54, 1.807) is 0 Å². The van der Waals surface area contributed by atoms with E-state index < -0.39 is 5.79 Å². The van der Waals surface area contributed by atoms with Crippen LogP contribution in [0.1, 0.15) is 74.9 Å². The van der Waals surface area contributed by atoms with Crippen LogP contribution in [-0.4, -0.2) is 41.3 Å². The van der Waals surface area contributed by atoms with Gasteiger partial charge in [-0.2, -0.15) is 0 Å². The molecular formula is C56H66N2O2+2. The van der Waals surface area contributed by atoms with Gasteiger partial charge >= 0.3 is 0 Å². The van der Waals surface area contributed by atoms with Crippen molar-refractivity contribution >= 4 is 0 Å². The standard InChI is InChI=1S/C56H66N2O2/c1-42-20-28-48(29-21-42)38-57(5,39-49-30-22-43(2)23-31-49)54-55(58(6,40-50-32-24-44(3)25-33-50)41-51-34-26-45(4)27-35-51)60-56(59-54)52(36-46-14-9-7-10-15-46)18-13-19-53(56)37-47-16-11-8-12-17-47/h7-12,14-17,20-35,52-55H,13,18-19,36-41H2,1-6H3/q+2/t52?,53?,54-,55-/m0/s1. The maximum absolute atomic E-state index is 8.22. The topological polar surface area (TPSA) is 18.5 Å².